The number of primary sulfonamides is 1. The molecule has 0 aliphatic heterocycles. The number of aryl methyl sites for hydroxylation is 1. The lowest BCUT2D eigenvalue weighted by Crippen LogP contribution is -2.24. The molecule has 1 aromatic heterocycles. The highest BCUT2D eigenvalue weighted by atomic mass is 35.5. The van der Waals surface area contributed by atoms with Gasteiger partial charge in [-0.1, -0.05) is 53.3 Å². The molecule has 0 aliphatic carbocycles. The molecule has 2 aromatic carbocycles. The molecule has 3 rings (SSSR count). The van der Waals surface area contributed by atoms with E-state index in [0.29, 0.717) is 32.6 Å². The Morgan fingerprint density at radius 2 is 1.88 bits per heavy atom. The number of guanidine groups is 1. The van der Waals surface area contributed by atoms with E-state index >= 15 is 0 Å². The summed E-state index contributed by atoms with van der Waals surface area (Å²) in [7, 11) is -8.29. The highest BCUT2D eigenvalue weighted by Crippen LogP contribution is 2.34. The van der Waals surface area contributed by atoms with E-state index in [1.165, 1.54) is 17.8 Å². The van der Waals surface area contributed by atoms with Crippen LogP contribution >= 0.6 is 34.7 Å². The molecule has 0 aliphatic rings. The van der Waals surface area contributed by atoms with Crippen LogP contribution in [0.15, 0.2) is 61.0 Å². The minimum absolute atomic E-state index is 0.0624. The Morgan fingerprint density at radius 1 is 1.19 bits per heavy atom. The van der Waals surface area contributed by atoms with Gasteiger partial charge in [0.25, 0.3) is 20.0 Å². The zero-order valence-corrected chi connectivity index (χ0v) is 20.4. The summed E-state index contributed by atoms with van der Waals surface area (Å²) in [5, 5.41) is 14.7. The van der Waals surface area contributed by atoms with Gasteiger partial charge < -0.3 is 11.1 Å². The van der Waals surface area contributed by atoms with Crippen LogP contribution in [-0.2, 0) is 25.8 Å². The number of aromatic nitrogens is 2. The minimum atomic E-state index is -4.24. The molecule has 0 amide bonds. The van der Waals surface area contributed by atoms with Gasteiger partial charge in [-0.15, -0.1) is 26.4 Å². The average molecular weight is 533 g/mol. The van der Waals surface area contributed by atoms with Gasteiger partial charge in [0.2, 0.25) is 15.4 Å². The fraction of sp³-hybridized carbons (Fsp3) is 0.118. The number of nitrogens with two attached hydrogens (primary N) is 2. The Kier molecular flexibility index (Phi) is 7.42. The van der Waals surface area contributed by atoms with Gasteiger partial charge in [-0.25, -0.2) is 13.6 Å². The summed E-state index contributed by atoms with van der Waals surface area (Å²) in [6.45, 7) is 1.67. The van der Waals surface area contributed by atoms with E-state index in [2.05, 4.69) is 19.9 Å². The van der Waals surface area contributed by atoms with Crippen LogP contribution in [0.4, 0.5) is 5.13 Å². The number of thioether (sulfide) groups is 1. The van der Waals surface area contributed by atoms with E-state index in [1.807, 2.05) is 30.3 Å². The standard InChI is InChI=1S/C17H17ClN6O4S4/c1-10-7-14(13(8-12(10)18)29-9-11-5-3-2-4-6-11)32(27,28)24-15(19)21-16-22-23-17(30-16)31(20,25)26/h2-8H,9H2,1H3,(H2,20,25,26)(H3,19,21,22,24). The van der Waals surface area contributed by atoms with Crippen molar-refractivity contribution in [3.63, 3.8) is 0 Å². The summed E-state index contributed by atoms with van der Waals surface area (Å²) < 4.78 is 51.7. The number of hydrogen-bond acceptors (Lipinski definition) is 8. The molecule has 0 saturated carbocycles. The maximum absolute atomic E-state index is 13.0. The van der Waals surface area contributed by atoms with Crippen molar-refractivity contribution in [2.24, 2.45) is 15.3 Å². The van der Waals surface area contributed by atoms with Crippen LogP contribution in [-0.4, -0.2) is 33.0 Å². The summed E-state index contributed by atoms with van der Waals surface area (Å²) in [4.78, 5) is 0.348. The SMILES string of the molecule is Cc1cc(S(=O)(=O)N=C(N)Nc2nnc(S(N)(=O)=O)s2)c(SCc2ccccc2)cc1Cl. The number of halogens is 1. The van der Waals surface area contributed by atoms with Crippen molar-refractivity contribution in [3.05, 3.63) is 58.6 Å². The number of rotatable bonds is 7. The first-order chi connectivity index (χ1) is 15.0. The van der Waals surface area contributed by atoms with Crippen molar-refractivity contribution >= 4 is 65.8 Å². The molecular formula is C17H17ClN6O4S4. The molecule has 32 heavy (non-hydrogen) atoms. The average Bonchev–Trinajstić information content (AvgIpc) is 3.17. The summed E-state index contributed by atoms with van der Waals surface area (Å²) in [5.74, 6) is -0.00449. The third-order valence-electron chi connectivity index (χ3n) is 3.84. The highest BCUT2D eigenvalue weighted by molar-refractivity contribution is 7.99. The zero-order chi connectivity index (χ0) is 23.5. The van der Waals surface area contributed by atoms with Crippen molar-refractivity contribution in [1.82, 2.24) is 10.2 Å². The molecule has 170 valence electrons. The molecule has 3 aromatic rings. The Labute approximate surface area is 198 Å². The lowest BCUT2D eigenvalue weighted by atomic mass is 10.2. The minimum Gasteiger partial charge on any atom is -0.369 e. The topological polar surface area (TPSA) is 170 Å². The van der Waals surface area contributed by atoms with Gasteiger partial charge in [0, 0.05) is 15.7 Å². The van der Waals surface area contributed by atoms with Crippen LogP contribution in [0.1, 0.15) is 11.1 Å². The fourth-order valence-electron chi connectivity index (χ4n) is 2.37. The summed E-state index contributed by atoms with van der Waals surface area (Å²) in [5.41, 5.74) is 7.27. The molecule has 0 fully saturated rings. The second kappa shape index (κ2) is 9.72. The van der Waals surface area contributed by atoms with Crippen molar-refractivity contribution in [3.8, 4) is 0 Å². The van der Waals surface area contributed by atoms with Gasteiger partial charge in [-0.3, -0.25) is 0 Å². The number of hydrogen-bond donors (Lipinski definition) is 3. The largest absolute Gasteiger partial charge is 0.369 e. The van der Waals surface area contributed by atoms with E-state index in [-0.39, 0.29) is 10.0 Å². The van der Waals surface area contributed by atoms with E-state index in [4.69, 9.17) is 22.5 Å². The maximum Gasteiger partial charge on any atom is 0.286 e. The third-order valence-corrected chi connectivity index (χ3v) is 8.99. The van der Waals surface area contributed by atoms with Gasteiger partial charge in [0.15, 0.2) is 0 Å². The van der Waals surface area contributed by atoms with Crippen LogP contribution in [0.3, 0.4) is 0 Å². The molecule has 0 radical (unpaired) electrons. The smallest absolute Gasteiger partial charge is 0.286 e. The first-order valence-electron chi connectivity index (χ1n) is 8.66. The van der Waals surface area contributed by atoms with Crippen molar-refractivity contribution in [2.75, 3.05) is 5.32 Å². The van der Waals surface area contributed by atoms with Crippen LogP contribution in [0.5, 0.6) is 0 Å². The normalized spacial score (nSPS) is 12.7. The summed E-state index contributed by atoms with van der Waals surface area (Å²) in [6, 6.07) is 12.5. The molecule has 5 N–H and O–H groups in total. The van der Waals surface area contributed by atoms with E-state index < -0.39 is 30.3 Å². The molecule has 0 saturated heterocycles. The predicted octanol–water partition coefficient (Wildman–Crippen LogP) is 2.56. The molecule has 0 unspecified atom stereocenters. The Bertz CT molecular complexity index is 1380. The number of nitrogens with zero attached hydrogens (tertiary/aromatic N) is 3. The first kappa shape index (κ1) is 24.4. The summed E-state index contributed by atoms with van der Waals surface area (Å²) in [6.07, 6.45) is 0. The number of nitrogens with one attached hydrogen (secondary N) is 1. The van der Waals surface area contributed by atoms with Gasteiger partial charge in [-0.05, 0) is 30.2 Å². The van der Waals surface area contributed by atoms with Gasteiger partial charge >= 0.3 is 0 Å². The Balaban J connectivity index is 1.89. The molecule has 10 nitrogen and oxygen atoms in total. The fourth-order valence-corrected chi connectivity index (χ4v) is 6.39. The van der Waals surface area contributed by atoms with Gasteiger partial charge in [-0.2, -0.15) is 8.42 Å². The monoisotopic (exact) mass is 532 g/mol. The lowest BCUT2D eigenvalue weighted by Gasteiger charge is -2.11. The maximum atomic E-state index is 13.0. The zero-order valence-electron chi connectivity index (χ0n) is 16.4. The van der Waals surface area contributed by atoms with Gasteiger partial charge in [0.1, 0.15) is 4.90 Å². The van der Waals surface area contributed by atoms with Crippen molar-refractivity contribution < 1.29 is 16.8 Å². The van der Waals surface area contributed by atoms with E-state index in [0.717, 1.165) is 5.56 Å². The van der Waals surface area contributed by atoms with E-state index in [9.17, 15) is 16.8 Å². The Morgan fingerprint density at radius 3 is 2.50 bits per heavy atom. The van der Waals surface area contributed by atoms with Crippen LogP contribution in [0.2, 0.25) is 5.02 Å². The van der Waals surface area contributed by atoms with Gasteiger partial charge in [0.05, 0.1) is 0 Å². The first-order valence-corrected chi connectivity index (χ1v) is 13.8. The van der Waals surface area contributed by atoms with Crippen LogP contribution in [0, 0.1) is 6.92 Å². The van der Waals surface area contributed by atoms with E-state index in [1.54, 1.807) is 13.0 Å². The van der Waals surface area contributed by atoms with Crippen LogP contribution in [0.25, 0.3) is 0 Å². The molecule has 15 heteroatoms. The van der Waals surface area contributed by atoms with Crippen LogP contribution < -0.4 is 16.2 Å². The number of benzene rings is 2. The molecule has 1 heterocycles. The Hall–Kier alpha value is -2.23. The molecule has 0 atom stereocenters. The second-order valence-corrected chi connectivity index (χ2v) is 12.0. The lowest BCUT2D eigenvalue weighted by molar-refractivity contribution is 0.594. The summed E-state index contributed by atoms with van der Waals surface area (Å²) >= 11 is 8.09. The predicted molar refractivity (Wildman–Crippen MR) is 126 cm³/mol. The second-order valence-electron chi connectivity index (χ2n) is 6.32. The third kappa shape index (κ3) is 6.17. The van der Waals surface area contributed by atoms with Crippen molar-refractivity contribution in [1.29, 1.82) is 0 Å². The number of sulfonamides is 2. The molecular weight excluding hydrogens is 516 g/mol. The molecule has 0 bridgehead atoms. The molecule has 0 spiro atoms. The van der Waals surface area contributed by atoms with Crippen molar-refractivity contribution in [2.45, 2.75) is 26.8 Å². The highest BCUT2D eigenvalue weighted by Gasteiger charge is 2.22. The quantitative estimate of drug-likeness (QED) is 0.235. The number of anilines is 1.